The maximum atomic E-state index is 12.5. The first-order valence-corrected chi connectivity index (χ1v) is 9.28. The number of carbonyl (C=O) groups excluding carboxylic acids is 3. The number of hydrogen-bond acceptors (Lipinski definition) is 8. The van der Waals surface area contributed by atoms with Crippen molar-refractivity contribution in [3.8, 4) is 0 Å². The van der Waals surface area contributed by atoms with Gasteiger partial charge in [0.2, 0.25) is 0 Å². The van der Waals surface area contributed by atoms with Gasteiger partial charge in [0.1, 0.15) is 18.1 Å². The fourth-order valence-corrected chi connectivity index (χ4v) is 2.36. The van der Waals surface area contributed by atoms with Gasteiger partial charge in [0.05, 0.1) is 12.1 Å². The number of nitrogens with zero attached hydrogens (tertiary/aromatic N) is 4. The average molecular weight is 437 g/mol. The SMILES string of the molecule is CCN(CCNC(=O)OC)C(=O)OCc1nccnc1C(=O)Nc1ccc(Cl)cn1. The molecular formula is C18H21ClN6O5. The van der Waals surface area contributed by atoms with Crippen LogP contribution >= 0.6 is 11.6 Å². The number of anilines is 1. The predicted octanol–water partition coefficient (Wildman–Crippen LogP) is 2.09. The summed E-state index contributed by atoms with van der Waals surface area (Å²) in [4.78, 5) is 49.3. The third kappa shape index (κ3) is 6.85. The van der Waals surface area contributed by atoms with E-state index in [-0.39, 0.29) is 36.9 Å². The van der Waals surface area contributed by atoms with E-state index in [1.165, 1.54) is 36.7 Å². The van der Waals surface area contributed by atoms with E-state index in [4.69, 9.17) is 16.3 Å². The molecule has 12 heteroatoms. The van der Waals surface area contributed by atoms with E-state index >= 15 is 0 Å². The van der Waals surface area contributed by atoms with Gasteiger partial charge in [0.25, 0.3) is 5.91 Å². The van der Waals surface area contributed by atoms with Gasteiger partial charge in [-0.1, -0.05) is 11.6 Å². The molecule has 3 amide bonds. The molecule has 2 N–H and O–H groups in total. The van der Waals surface area contributed by atoms with Crippen molar-refractivity contribution in [2.75, 3.05) is 32.1 Å². The molecule has 0 aliphatic heterocycles. The van der Waals surface area contributed by atoms with Gasteiger partial charge in [0, 0.05) is 38.2 Å². The van der Waals surface area contributed by atoms with Crippen LogP contribution in [0.25, 0.3) is 0 Å². The van der Waals surface area contributed by atoms with Crippen LogP contribution in [0.5, 0.6) is 0 Å². The Bertz CT molecular complexity index is 880. The number of halogens is 1. The Morgan fingerprint density at radius 1 is 1.17 bits per heavy atom. The molecule has 2 rings (SSSR count). The highest BCUT2D eigenvalue weighted by Crippen LogP contribution is 2.12. The average Bonchev–Trinajstić information content (AvgIpc) is 2.76. The Kier molecular flexibility index (Phi) is 8.75. The van der Waals surface area contributed by atoms with Crippen LogP contribution in [-0.2, 0) is 16.1 Å². The first kappa shape index (κ1) is 22.8. The third-order valence-corrected chi connectivity index (χ3v) is 3.99. The van der Waals surface area contributed by atoms with E-state index in [0.29, 0.717) is 11.6 Å². The molecule has 0 aliphatic carbocycles. The van der Waals surface area contributed by atoms with E-state index in [2.05, 4.69) is 30.3 Å². The zero-order valence-corrected chi connectivity index (χ0v) is 17.2. The number of likely N-dealkylation sites (N-methyl/N-ethyl adjacent to an activating group) is 1. The highest BCUT2D eigenvalue weighted by molar-refractivity contribution is 6.30. The maximum absolute atomic E-state index is 12.5. The molecule has 2 heterocycles. The summed E-state index contributed by atoms with van der Waals surface area (Å²) in [5, 5.41) is 5.49. The molecule has 0 atom stereocenters. The van der Waals surface area contributed by atoms with Crippen LogP contribution < -0.4 is 10.6 Å². The van der Waals surface area contributed by atoms with E-state index in [1.54, 1.807) is 13.0 Å². The number of pyridine rings is 1. The Hall–Kier alpha value is -3.47. The molecule has 0 bridgehead atoms. The standard InChI is InChI=1S/C18H21ClN6O5/c1-3-25(9-8-22-17(27)29-2)18(28)30-11-13-15(21-7-6-20-13)16(26)24-14-5-4-12(19)10-23-14/h4-7,10H,3,8-9,11H2,1-2H3,(H,22,27)(H,23,24,26). The van der Waals surface area contributed by atoms with Crippen LogP contribution in [0.1, 0.15) is 23.1 Å². The van der Waals surface area contributed by atoms with E-state index in [0.717, 1.165) is 0 Å². The monoisotopic (exact) mass is 436 g/mol. The summed E-state index contributed by atoms with van der Waals surface area (Å²) < 4.78 is 9.72. The number of aromatic nitrogens is 3. The van der Waals surface area contributed by atoms with Crippen LogP contribution in [0.2, 0.25) is 5.02 Å². The Morgan fingerprint density at radius 3 is 2.60 bits per heavy atom. The number of hydrogen-bond donors (Lipinski definition) is 2. The van der Waals surface area contributed by atoms with Crippen LogP contribution in [0.3, 0.4) is 0 Å². The molecule has 2 aromatic heterocycles. The van der Waals surface area contributed by atoms with Crippen LogP contribution in [0.4, 0.5) is 15.4 Å². The van der Waals surface area contributed by atoms with Gasteiger partial charge in [-0.2, -0.15) is 0 Å². The second-order valence-corrected chi connectivity index (χ2v) is 6.16. The van der Waals surface area contributed by atoms with Gasteiger partial charge in [0.15, 0.2) is 5.69 Å². The fourth-order valence-electron chi connectivity index (χ4n) is 2.25. The van der Waals surface area contributed by atoms with Crippen molar-refractivity contribution in [1.29, 1.82) is 0 Å². The van der Waals surface area contributed by atoms with Gasteiger partial charge < -0.3 is 25.0 Å². The van der Waals surface area contributed by atoms with E-state index in [9.17, 15) is 14.4 Å². The second kappa shape index (κ2) is 11.5. The maximum Gasteiger partial charge on any atom is 0.410 e. The van der Waals surface area contributed by atoms with Crippen molar-refractivity contribution < 1.29 is 23.9 Å². The van der Waals surface area contributed by atoms with Gasteiger partial charge in [-0.05, 0) is 19.1 Å². The zero-order valence-electron chi connectivity index (χ0n) is 16.4. The molecule has 2 aromatic rings. The molecule has 160 valence electrons. The zero-order chi connectivity index (χ0) is 21.9. The Balaban J connectivity index is 1.96. The minimum atomic E-state index is -0.624. The first-order valence-electron chi connectivity index (χ1n) is 8.90. The summed E-state index contributed by atoms with van der Waals surface area (Å²) in [6.45, 7) is 2.28. The minimum Gasteiger partial charge on any atom is -0.453 e. The van der Waals surface area contributed by atoms with Crippen molar-refractivity contribution in [2.24, 2.45) is 0 Å². The summed E-state index contributed by atoms with van der Waals surface area (Å²) in [6, 6.07) is 3.12. The number of rotatable bonds is 8. The van der Waals surface area contributed by atoms with Crippen molar-refractivity contribution >= 4 is 35.5 Å². The molecule has 0 saturated heterocycles. The molecule has 0 aromatic carbocycles. The van der Waals surface area contributed by atoms with Crippen molar-refractivity contribution in [3.05, 3.63) is 47.1 Å². The largest absolute Gasteiger partial charge is 0.453 e. The smallest absolute Gasteiger partial charge is 0.410 e. The molecule has 30 heavy (non-hydrogen) atoms. The van der Waals surface area contributed by atoms with Gasteiger partial charge >= 0.3 is 12.2 Å². The molecule has 11 nitrogen and oxygen atoms in total. The van der Waals surface area contributed by atoms with Crippen LogP contribution in [-0.4, -0.2) is 64.7 Å². The molecule has 0 radical (unpaired) electrons. The number of methoxy groups -OCH3 is 1. The highest BCUT2D eigenvalue weighted by Gasteiger charge is 2.18. The molecule has 0 fully saturated rings. The van der Waals surface area contributed by atoms with E-state index < -0.39 is 18.1 Å². The Morgan fingerprint density at radius 2 is 1.93 bits per heavy atom. The summed E-state index contributed by atoms with van der Waals surface area (Å²) in [5.74, 6) is -0.271. The topological polar surface area (TPSA) is 136 Å². The Labute approximate surface area is 177 Å². The first-order chi connectivity index (χ1) is 14.4. The highest BCUT2D eigenvalue weighted by atomic mass is 35.5. The lowest BCUT2D eigenvalue weighted by Crippen LogP contribution is -2.38. The van der Waals surface area contributed by atoms with Gasteiger partial charge in [-0.25, -0.2) is 19.6 Å². The second-order valence-electron chi connectivity index (χ2n) is 5.72. The van der Waals surface area contributed by atoms with Crippen LogP contribution in [0.15, 0.2) is 30.7 Å². The number of carbonyl (C=O) groups is 3. The van der Waals surface area contributed by atoms with Crippen molar-refractivity contribution in [3.63, 3.8) is 0 Å². The lowest BCUT2D eigenvalue weighted by molar-refractivity contribution is 0.0936. The van der Waals surface area contributed by atoms with Gasteiger partial charge in [-0.3, -0.25) is 9.78 Å². The van der Waals surface area contributed by atoms with Crippen molar-refractivity contribution in [1.82, 2.24) is 25.2 Å². The molecule has 0 aliphatic rings. The van der Waals surface area contributed by atoms with Crippen molar-refractivity contribution in [2.45, 2.75) is 13.5 Å². The summed E-state index contributed by atoms with van der Waals surface area (Å²) in [6.07, 6.45) is 2.92. The quantitative estimate of drug-likeness (QED) is 0.642. The van der Waals surface area contributed by atoms with E-state index in [1.807, 2.05) is 0 Å². The predicted molar refractivity (Wildman–Crippen MR) is 107 cm³/mol. The lowest BCUT2D eigenvalue weighted by Gasteiger charge is -2.20. The number of amides is 3. The molecule has 0 saturated carbocycles. The molecule has 0 unspecified atom stereocenters. The van der Waals surface area contributed by atoms with Crippen LogP contribution in [0, 0.1) is 0 Å². The lowest BCUT2D eigenvalue weighted by atomic mass is 10.3. The number of ether oxygens (including phenoxy) is 2. The molecular weight excluding hydrogens is 416 g/mol. The molecule has 0 spiro atoms. The number of nitrogens with one attached hydrogen (secondary N) is 2. The van der Waals surface area contributed by atoms with Gasteiger partial charge in [-0.15, -0.1) is 0 Å². The summed E-state index contributed by atoms with van der Waals surface area (Å²) in [5.41, 5.74) is 0.179. The summed E-state index contributed by atoms with van der Waals surface area (Å²) in [7, 11) is 1.25. The normalized spacial score (nSPS) is 10.1. The fraction of sp³-hybridized carbons (Fsp3) is 0.333. The summed E-state index contributed by atoms with van der Waals surface area (Å²) >= 11 is 5.78. The minimum absolute atomic E-state index is 0.00236. The third-order valence-electron chi connectivity index (χ3n) is 3.77. The number of alkyl carbamates (subject to hydrolysis) is 1.